The summed E-state index contributed by atoms with van der Waals surface area (Å²) >= 11 is 0. The number of aryl methyl sites for hydroxylation is 1. The molecule has 0 radical (unpaired) electrons. The number of benzene rings is 2. The molecule has 2 aromatic carbocycles. The number of nitrogens with one attached hydrogen (secondary N) is 2. The van der Waals surface area contributed by atoms with Crippen molar-refractivity contribution in [1.82, 2.24) is 10.2 Å². The maximum Gasteiger partial charge on any atom is 0.317 e. The van der Waals surface area contributed by atoms with Gasteiger partial charge in [0.05, 0.1) is 0 Å². The summed E-state index contributed by atoms with van der Waals surface area (Å²) in [5.41, 5.74) is 4.14. The van der Waals surface area contributed by atoms with Crippen LogP contribution in [0.25, 0.3) is 0 Å². The molecule has 5 heteroatoms. The standard InChI is InChI=1S/C22H29N3O2/c1-5-17-6-8-19(9-7-17)15-25(4)22(27)23-14-18-10-12-20(13-11-18)24-21(26)16(2)3/h6-13,16H,5,14-15H2,1-4H3,(H,23,27)(H,24,26). The molecule has 144 valence electrons. The lowest BCUT2D eigenvalue weighted by Gasteiger charge is -2.18. The van der Waals surface area contributed by atoms with Crippen LogP contribution in [0.3, 0.4) is 0 Å². The number of carbonyl (C=O) groups is 2. The minimum atomic E-state index is -0.119. The van der Waals surface area contributed by atoms with E-state index in [0.717, 1.165) is 23.2 Å². The molecule has 0 fully saturated rings. The highest BCUT2D eigenvalue weighted by Crippen LogP contribution is 2.11. The van der Waals surface area contributed by atoms with Crippen molar-refractivity contribution in [2.45, 2.75) is 40.3 Å². The van der Waals surface area contributed by atoms with Crippen molar-refractivity contribution in [2.75, 3.05) is 12.4 Å². The number of hydrogen-bond donors (Lipinski definition) is 2. The van der Waals surface area contributed by atoms with Crippen LogP contribution in [0.15, 0.2) is 48.5 Å². The number of anilines is 1. The molecule has 0 spiro atoms. The van der Waals surface area contributed by atoms with Crippen molar-refractivity contribution in [3.05, 3.63) is 65.2 Å². The van der Waals surface area contributed by atoms with Crippen molar-refractivity contribution < 1.29 is 9.59 Å². The Kier molecular flexibility index (Phi) is 7.41. The van der Waals surface area contributed by atoms with E-state index in [4.69, 9.17) is 0 Å². The molecule has 0 aliphatic heterocycles. The summed E-state index contributed by atoms with van der Waals surface area (Å²) < 4.78 is 0. The average molecular weight is 367 g/mol. The van der Waals surface area contributed by atoms with E-state index in [1.54, 1.807) is 11.9 Å². The summed E-state index contributed by atoms with van der Waals surface area (Å²) in [7, 11) is 1.79. The van der Waals surface area contributed by atoms with Gasteiger partial charge in [-0.1, -0.05) is 57.2 Å². The summed E-state index contributed by atoms with van der Waals surface area (Å²) in [6.07, 6.45) is 1.01. The second kappa shape index (κ2) is 9.76. The van der Waals surface area contributed by atoms with Gasteiger partial charge >= 0.3 is 6.03 Å². The largest absolute Gasteiger partial charge is 0.334 e. The number of hydrogen-bond acceptors (Lipinski definition) is 2. The third-order valence-corrected chi connectivity index (χ3v) is 4.39. The van der Waals surface area contributed by atoms with Gasteiger partial charge in [-0.25, -0.2) is 4.79 Å². The van der Waals surface area contributed by atoms with E-state index in [1.807, 2.05) is 38.1 Å². The Hall–Kier alpha value is -2.82. The number of carbonyl (C=O) groups excluding carboxylic acids is 2. The lowest BCUT2D eigenvalue weighted by Crippen LogP contribution is -2.36. The van der Waals surface area contributed by atoms with E-state index in [9.17, 15) is 9.59 Å². The smallest absolute Gasteiger partial charge is 0.317 e. The van der Waals surface area contributed by atoms with E-state index in [-0.39, 0.29) is 17.9 Å². The first-order chi connectivity index (χ1) is 12.9. The van der Waals surface area contributed by atoms with Crippen molar-refractivity contribution in [3.63, 3.8) is 0 Å². The minimum absolute atomic E-state index is 0.00959. The molecule has 0 heterocycles. The normalized spacial score (nSPS) is 10.6. The Morgan fingerprint density at radius 3 is 2.04 bits per heavy atom. The fourth-order valence-electron chi connectivity index (χ4n) is 2.53. The zero-order valence-electron chi connectivity index (χ0n) is 16.6. The van der Waals surface area contributed by atoms with Crippen LogP contribution in [0.4, 0.5) is 10.5 Å². The van der Waals surface area contributed by atoms with Crippen LogP contribution in [0.1, 0.15) is 37.5 Å². The predicted molar refractivity (Wildman–Crippen MR) is 109 cm³/mol. The zero-order chi connectivity index (χ0) is 19.8. The fraction of sp³-hybridized carbons (Fsp3) is 0.364. The predicted octanol–water partition coefficient (Wildman–Crippen LogP) is 4.19. The first-order valence-electron chi connectivity index (χ1n) is 9.35. The Morgan fingerprint density at radius 1 is 0.926 bits per heavy atom. The number of rotatable bonds is 7. The molecule has 0 unspecified atom stereocenters. The highest BCUT2D eigenvalue weighted by Gasteiger charge is 2.09. The molecule has 2 aromatic rings. The molecule has 3 amide bonds. The maximum absolute atomic E-state index is 12.3. The van der Waals surface area contributed by atoms with E-state index >= 15 is 0 Å². The van der Waals surface area contributed by atoms with Crippen LogP contribution in [-0.4, -0.2) is 23.9 Å². The minimum Gasteiger partial charge on any atom is -0.334 e. The van der Waals surface area contributed by atoms with E-state index in [0.29, 0.717) is 13.1 Å². The number of urea groups is 1. The molecular formula is C22H29N3O2. The molecule has 0 saturated carbocycles. The maximum atomic E-state index is 12.3. The average Bonchev–Trinajstić information content (AvgIpc) is 2.67. The Balaban J connectivity index is 1.82. The van der Waals surface area contributed by atoms with Gasteiger partial charge in [-0.15, -0.1) is 0 Å². The molecule has 2 N–H and O–H groups in total. The molecule has 0 aliphatic carbocycles. The topological polar surface area (TPSA) is 61.4 Å². The van der Waals surface area contributed by atoms with Gasteiger partial charge in [0.1, 0.15) is 0 Å². The molecule has 0 bridgehead atoms. The summed E-state index contributed by atoms with van der Waals surface area (Å²) in [5.74, 6) is -0.0673. The Labute approximate surface area is 161 Å². The van der Waals surface area contributed by atoms with Gasteiger partial charge in [0, 0.05) is 31.7 Å². The van der Waals surface area contributed by atoms with E-state index in [1.165, 1.54) is 5.56 Å². The van der Waals surface area contributed by atoms with E-state index < -0.39 is 0 Å². The van der Waals surface area contributed by atoms with Gasteiger partial charge in [0.2, 0.25) is 5.91 Å². The molecule has 27 heavy (non-hydrogen) atoms. The molecule has 0 saturated heterocycles. The number of nitrogens with zero attached hydrogens (tertiary/aromatic N) is 1. The van der Waals surface area contributed by atoms with Gasteiger partial charge in [-0.2, -0.15) is 0 Å². The van der Waals surface area contributed by atoms with Crippen LogP contribution < -0.4 is 10.6 Å². The Bertz CT molecular complexity index is 752. The molecular weight excluding hydrogens is 338 g/mol. The van der Waals surface area contributed by atoms with Crippen LogP contribution in [0.5, 0.6) is 0 Å². The fourth-order valence-corrected chi connectivity index (χ4v) is 2.53. The lowest BCUT2D eigenvalue weighted by atomic mass is 10.1. The highest BCUT2D eigenvalue weighted by atomic mass is 16.2. The molecule has 0 aromatic heterocycles. The quantitative estimate of drug-likeness (QED) is 0.771. The van der Waals surface area contributed by atoms with Gasteiger partial charge in [-0.3, -0.25) is 4.79 Å². The van der Waals surface area contributed by atoms with E-state index in [2.05, 4.69) is 41.8 Å². The van der Waals surface area contributed by atoms with Crippen LogP contribution >= 0.6 is 0 Å². The van der Waals surface area contributed by atoms with Crippen molar-refractivity contribution in [3.8, 4) is 0 Å². The molecule has 5 nitrogen and oxygen atoms in total. The summed E-state index contributed by atoms with van der Waals surface area (Å²) in [4.78, 5) is 25.7. The molecule has 0 atom stereocenters. The number of amides is 3. The molecule has 0 aliphatic rings. The molecule has 2 rings (SSSR count). The Morgan fingerprint density at radius 2 is 1.48 bits per heavy atom. The second-order valence-corrected chi connectivity index (χ2v) is 7.03. The summed E-state index contributed by atoms with van der Waals surface area (Å²) in [5, 5.41) is 5.77. The van der Waals surface area contributed by atoms with Crippen LogP contribution in [-0.2, 0) is 24.3 Å². The monoisotopic (exact) mass is 367 g/mol. The van der Waals surface area contributed by atoms with Crippen molar-refractivity contribution in [2.24, 2.45) is 5.92 Å². The summed E-state index contributed by atoms with van der Waals surface area (Å²) in [6.45, 7) is 6.84. The summed E-state index contributed by atoms with van der Waals surface area (Å²) in [6, 6.07) is 15.7. The third-order valence-electron chi connectivity index (χ3n) is 4.39. The first kappa shape index (κ1) is 20.5. The van der Waals surface area contributed by atoms with Gasteiger partial charge < -0.3 is 15.5 Å². The first-order valence-corrected chi connectivity index (χ1v) is 9.35. The lowest BCUT2D eigenvalue weighted by molar-refractivity contribution is -0.118. The van der Waals surface area contributed by atoms with Gasteiger partial charge in [-0.05, 0) is 35.2 Å². The highest BCUT2D eigenvalue weighted by molar-refractivity contribution is 5.92. The third kappa shape index (κ3) is 6.44. The van der Waals surface area contributed by atoms with Crippen molar-refractivity contribution in [1.29, 1.82) is 0 Å². The van der Waals surface area contributed by atoms with Crippen molar-refractivity contribution >= 4 is 17.6 Å². The zero-order valence-corrected chi connectivity index (χ0v) is 16.6. The van der Waals surface area contributed by atoms with Gasteiger partial charge in [0.25, 0.3) is 0 Å². The van der Waals surface area contributed by atoms with Gasteiger partial charge in [0.15, 0.2) is 0 Å². The van der Waals surface area contributed by atoms with Crippen LogP contribution in [0, 0.1) is 5.92 Å². The SMILES string of the molecule is CCc1ccc(CN(C)C(=O)NCc2ccc(NC(=O)C(C)C)cc2)cc1. The second-order valence-electron chi connectivity index (χ2n) is 7.03. The van der Waals surface area contributed by atoms with Crippen LogP contribution in [0.2, 0.25) is 0 Å².